The van der Waals surface area contributed by atoms with Crippen LogP contribution in [0.25, 0.3) is 6.08 Å². The summed E-state index contributed by atoms with van der Waals surface area (Å²) in [5.41, 5.74) is 4.39. The molecule has 0 radical (unpaired) electrons. The predicted octanol–water partition coefficient (Wildman–Crippen LogP) is 2.53. The number of amides is 1. The third kappa shape index (κ3) is 6.42. The molecule has 144 valence electrons. The van der Waals surface area contributed by atoms with Crippen molar-refractivity contribution in [2.24, 2.45) is 0 Å². The van der Waals surface area contributed by atoms with E-state index in [0.717, 1.165) is 11.5 Å². The highest BCUT2D eigenvalue weighted by Crippen LogP contribution is 2.18. The van der Waals surface area contributed by atoms with Gasteiger partial charge in [-0.3, -0.25) is 15.6 Å². The van der Waals surface area contributed by atoms with E-state index in [4.69, 9.17) is 0 Å². The minimum Gasteiger partial charge on any atom is -0.296 e. The Morgan fingerprint density at radius 2 is 1.70 bits per heavy atom. The molecular formula is C17H16F3N3O3S. The number of rotatable bonds is 8. The first-order chi connectivity index (χ1) is 12.8. The lowest BCUT2D eigenvalue weighted by atomic mass is 10.2. The number of carbonyl (C=O) groups excluding carboxylic acids is 1. The molecule has 2 aromatic carbocycles. The third-order valence-electron chi connectivity index (χ3n) is 3.27. The van der Waals surface area contributed by atoms with E-state index in [9.17, 15) is 26.4 Å². The number of hydrogen-bond acceptors (Lipinski definition) is 4. The zero-order valence-corrected chi connectivity index (χ0v) is 14.7. The van der Waals surface area contributed by atoms with Gasteiger partial charge in [0, 0.05) is 18.4 Å². The van der Waals surface area contributed by atoms with Crippen LogP contribution in [0.3, 0.4) is 0 Å². The van der Waals surface area contributed by atoms with Gasteiger partial charge in [-0.25, -0.2) is 26.3 Å². The van der Waals surface area contributed by atoms with Gasteiger partial charge in [0.2, 0.25) is 15.9 Å². The van der Waals surface area contributed by atoms with Gasteiger partial charge in [0.1, 0.15) is 0 Å². The topological polar surface area (TPSA) is 87.3 Å². The number of nitrogens with one attached hydrogen (secondary N) is 3. The Labute approximate surface area is 154 Å². The minimum atomic E-state index is -3.74. The Kier molecular flexibility index (Phi) is 6.97. The Hall–Kier alpha value is -2.85. The predicted molar refractivity (Wildman–Crippen MR) is 95.1 cm³/mol. The maximum Gasteiger partial charge on any atom is 0.239 e. The van der Waals surface area contributed by atoms with E-state index in [-0.39, 0.29) is 13.0 Å². The number of hydrazine groups is 1. The monoisotopic (exact) mass is 399 g/mol. The molecule has 0 unspecified atom stereocenters. The van der Waals surface area contributed by atoms with Crippen molar-refractivity contribution in [1.29, 1.82) is 0 Å². The second kappa shape index (κ2) is 9.19. The highest BCUT2D eigenvalue weighted by Gasteiger charge is 2.14. The molecule has 0 aliphatic rings. The molecule has 0 atom stereocenters. The first-order valence-corrected chi connectivity index (χ1v) is 9.24. The molecule has 2 aromatic rings. The van der Waals surface area contributed by atoms with Gasteiger partial charge in [0.15, 0.2) is 17.5 Å². The van der Waals surface area contributed by atoms with Crippen LogP contribution in [-0.4, -0.2) is 20.9 Å². The normalized spacial score (nSPS) is 11.5. The van der Waals surface area contributed by atoms with Crippen LogP contribution in [0.5, 0.6) is 0 Å². The quantitative estimate of drug-likeness (QED) is 0.470. The maximum atomic E-state index is 13.4. The molecular weight excluding hydrogens is 383 g/mol. The minimum absolute atomic E-state index is 0.213. The van der Waals surface area contributed by atoms with E-state index in [1.807, 2.05) is 0 Å². The van der Waals surface area contributed by atoms with E-state index in [1.54, 1.807) is 30.3 Å². The van der Waals surface area contributed by atoms with Gasteiger partial charge in [-0.1, -0.05) is 30.3 Å². The summed E-state index contributed by atoms with van der Waals surface area (Å²) in [7, 11) is -3.74. The first kappa shape index (κ1) is 20.5. The smallest absolute Gasteiger partial charge is 0.239 e. The fraction of sp³-hybridized carbons (Fsp3) is 0.118. The number of carbonyl (C=O) groups is 1. The van der Waals surface area contributed by atoms with Crippen molar-refractivity contribution < 1.29 is 26.4 Å². The van der Waals surface area contributed by atoms with Gasteiger partial charge >= 0.3 is 0 Å². The molecule has 0 spiro atoms. The summed E-state index contributed by atoms with van der Waals surface area (Å²) in [6, 6.07) is 10.4. The summed E-state index contributed by atoms with van der Waals surface area (Å²) in [6.45, 7) is -0.213. The Morgan fingerprint density at radius 3 is 2.41 bits per heavy atom. The molecule has 0 bridgehead atoms. The van der Waals surface area contributed by atoms with Crippen molar-refractivity contribution in [3.63, 3.8) is 0 Å². The summed E-state index contributed by atoms with van der Waals surface area (Å²) >= 11 is 0. The Bertz CT molecular complexity index is 935. The molecule has 0 aromatic heterocycles. The number of sulfonamides is 1. The number of hydrogen-bond donors (Lipinski definition) is 3. The average molecular weight is 399 g/mol. The van der Waals surface area contributed by atoms with E-state index < -0.39 is 39.1 Å². The van der Waals surface area contributed by atoms with Crippen LogP contribution in [0.4, 0.5) is 18.9 Å². The van der Waals surface area contributed by atoms with Crippen LogP contribution >= 0.6 is 0 Å². The van der Waals surface area contributed by atoms with Crippen LogP contribution in [0, 0.1) is 17.5 Å². The summed E-state index contributed by atoms with van der Waals surface area (Å²) in [6.07, 6.45) is 1.13. The molecule has 0 aliphatic heterocycles. The molecule has 27 heavy (non-hydrogen) atoms. The molecule has 0 heterocycles. The van der Waals surface area contributed by atoms with Crippen molar-refractivity contribution in [2.75, 3.05) is 12.0 Å². The van der Waals surface area contributed by atoms with Crippen LogP contribution in [0.15, 0.2) is 47.9 Å². The lowest BCUT2D eigenvalue weighted by Crippen LogP contribution is -2.33. The van der Waals surface area contributed by atoms with Crippen LogP contribution in [-0.2, 0) is 14.8 Å². The maximum absolute atomic E-state index is 13.4. The molecule has 3 N–H and O–H groups in total. The number of benzene rings is 2. The standard InChI is InChI=1S/C17H16F3N3O3S/c18-13-6-7-14(17(20)16(13)19)22-23-15(24)8-10-21-27(25,26)11-9-12-4-2-1-3-5-12/h1-7,9,11,21-22H,8,10H2,(H,23,24)/b11-9+. The Morgan fingerprint density at radius 1 is 1.00 bits per heavy atom. The van der Waals surface area contributed by atoms with Crippen molar-refractivity contribution in [1.82, 2.24) is 10.1 Å². The van der Waals surface area contributed by atoms with Gasteiger partial charge in [-0.2, -0.15) is 0 Å². The van der Waals surface area contributed by atoms with Crippen LogP contribution in [0.1, 0.15) is 12.0 Å². The van der Waals surface area contributed by atoms with E-state index in [1.165, 1.54) is 6.08 Å². The molecule has 6 nitrogen and oxygen atoms in total. The number of anilines is 1. The fourth-order valence-corrected chi connectivity index (χ4v) is 2.73. The molecule has 10 heteroatoms. The molecule has 0 fully saturated rings. The van der Waals surface area contributed by atoms with Crippen LogP contribution in [0.2, 0.25) is 0 Å². The molecule has 0 saturated heterocycles. The molecule has 1 amide bonds. The zero-order valence-electron chi connectivity index (χ0n) is 13.9. The van der Waals surface area contributed by atoms with Crippen molar-refractivity contribution in [3.05, 3.63) is 70.9 Å². The van der Waals surface area contributed by atoms with Crippen LogP contribution < -0.4 is 15.6 Å². The van der Waals surface area contributed by atoms with E-state index in [0.29, 0.717) is 11.6 Å². The Balaban J connectivity index is 1.79. The van der Waals surface area contributed by atoms with E-state index in [2.05, 4.69) is 15.6 Å². The van der Waals surface area contributed by atoms with Gasteiger partial charge in [-0.05, 0) is 23.8 Å². The summed E-state index contributed by atoms with van der Waals surface area (Å²) < 4.78 is 65.1. The third-order valence-corrected chi connectivity index (χ3v) is 4.37. The summed E-state index contributed by atoms with van der Waals surface area (Å²) in [4.78, 5) is 11.6. The summed E-state index contributed by atoms with van der Waals surface area (Å²) in [5.74, 6) is -5.20. The summed E-state index contributed by atoms with van der Waals surface area (Å²) in [5, 5.41) is 0.967. The lowest BCUT2D eigenvalue weighted by molar-refractivity contribution is -0.120. The van der Waals surface area contributed by atoms with Gasteiger partial charge < -0.3 is 0 Å². The average Bonchev–Trinajstić information content (AvgIpc) is 2.65. The van der Waals surface area contributed by atoms with Gasteiger partial charge in [0.05, 0.1) is 5.69 Å². The fourth-order valence-electron chi connectivity index (χ4n) is 1.91. The SMILES string of the molecule is O=C(CCNS(=O)(=O)/C=C/c1ccccc1)NNc1ccc(F)c(F)c1F. The lowest BCUT2D eigenvalue weighted by Gasteiger charge is -2.10. The number of halogens is 3. The van der Waals surface area contributed by atoms with Crippen molar-refractivity contribution >= 4 is 27.7 Å². The molecule has 0 saturated carbocycles. The largest absolute Gasteiger partial charge is 0.296 e. The molecule has 2 rings (SSSR count). The van der Waals surface area contributed by atoms with E-state index >= 15 is 0 Å². The highest BCUT2D eigenvalue weighted by atomic mass is 32.2. The van der Waals surface area contributed by atoms with Crippen molar-refractivity contribution in [3.8, 4) is 0 Å². The van der Waals surface area contributed by atoms with Gasteiger partial charge in [0.25, 0.3) is 0 Å². The molecule has 0 aliphatic carbocycles. The second-order valence-electron chi connectivity index (χ2n) is 5.30. The zero-order chi connectivity index (χ0) is 19.9. The highest BCUT2D eigenvalue weighted by molar-refractivity contribution is 7.92. The first-order valence-electron chi connectivity index (χ1n) is 7.69. The second-order valence-corrected chi connectivity index (χ2v) is 6.95. The van der Waals surface area contributed by atoms with Crippen molar-refractivity contribution in [2.45, 2.75) is 6.42 Å². The van der Waals surface area contributed by atoms with Gasteiger partial charge in [-0.15, -0.1) is 0 Å².